The van der Waals surface area contributed by atoms with Crippen LogP contribution in [0.15, 0.2) is 46.2 Å². The van der Waals surface area contributed by atoms with E-state index in [4.69, 9.17) is 23.9 Å². The van der Waals surface area contributed by atoms with Crippen LogP contribution in [0.5, 0.6) is 11.5 Å². The van der Waals surface area contributed by atoms with Gasteiger partial charge in [-0.3, -0.25) is 0 Å². The first-order valence-corrected chi connectivity index (χ1v) is 10.6. The van der Waals surface area contributed by atoms with Crippen LogP contribution in [-0.4, -0.2) is 81.9 Å². The minimum atomic E-state index is 0.444. The van der Waals surface area contributed by atoms with Crippen molar-refractivity contribution in [2.45, 2.75) is 13.8 Å². The third-order valence-electron chi connectivity index (χ3n) is 4.91. The summed E-state index contributed by atoms with van der Waals surface area (Å²) in [4.78, 5) is 13.9. The van der Waals surface area contributed by atoms with E-state index >= 15 is 0 Å². The molecule has 1 aromatic carbocycles. The average Bonchev–Trinajstić information content (AvgIpc) is 3.21. The van der Waals surface area contributed by atoms with Crippen molar-refractivity contribution in [1.82, 2.24) is 9.80 Å². The third kappa shape index (κ3) is 6.08. The zero-order valence-electron chi connectivity index (χ0n) is 18.8. The van der Waals surface area contributed by atoms with Crippen LogP contribution in [0, 0.1) is 0 Å². The summed E-state index contributed by atoms with van der Waals surface area (Å²) in [7, 11) is 3.29. The molecule has 8 nitrogen and oxygen atoms in total. The quantitative estimate of drug-likeness (QED) is 0.477. The van der Waals surface area contributed by atoms with Crippen molar-refractivity contribution < 1.29 is 18.9 Å². The van der Waals surface area contributed by atoms with Gasteiger partial charge >= 0.3 is 0 Å². The van der Waals surface area contributed by atoms with Crippen LogP contribution in [0.4, 0.5) is 0 Å². The van der Waals surface area contributed by atoms with Gasteiger partial charge in [0.25, 0.3) is 0 Å². The van der Waals surface area contributed by atoms with Crippen LogP contribution >= 0.6 is 0 Å². The predicted molar refractivity (Wildman–Crippen MR) is 123 cm³/mol. The van der Waals surface area contributed by atoms with Gasteiger partial charge < -0.3 is 28.7 Å². The van der Waals surface area contributed by atoms with Gasteiger partial charge in [-0.25, -0.2) is 9.98 Å². The normalized spacial score (nSPS) is 15.7. The van der Waals surface area contributed by atoms with E-state index in [1.807, 2.05) is 30.4 Å². The van der Waals surface area contributed by atoms with Crippen molar-refractivity contribution in [3.8, 4) is 11.5 Å². The molecule has 168 valence electrons. The lowest BCUT2D eigenvalue weighted by Gasteiger charge is -2.33. The largest absolute Gasteiger partial charge is 0.487 e. The molecule has 0 atom stereocenters. The zero-order chi connectivity index (χ0) is 22.1. The topological polar surface area (TPSA) is 68.1 Å². The van der Waals surface area contributed by atoms with E-state index in [2.05, 4.69) is 34.8 Å². The number of amidine groups is 2. The second-order valence-electron chi connectivity index (χ2n) is 7.04. The van der Waals surface area contributed by atoms with Gasteiger partial charge in [0.1, 0.15) is 18.9 Å². The monoisotopic (exact) mass is 428 g/mol. The molecule has 0 saturated carbocycles. The molecule has 0 aromatic heterocycles. The zero-order valence-corrected chi connectivity index (χ0v) is 18.8. The first-order valence-electron chi connectivity index (χ1n) is 10.6. The molecule has 0 saturated heterocycles. The summed E-state index contributed by atoms with van der Waals surface area (Å²) in [6.45, 7) is 8.87. The SMILES string of the molecule is CCN1C=C2N=C(/C=C/c3ccc(OCCOC)c(OCCOC)c3)N=C2N(CC)C1. The Hall–Kier alpha value is -2.84. The lowest BCUT2D eigenvalue weighted by atomic mass is 10.2. The minimum Gasteiger partial charge on any atom is -0.487 e. The summed E-state index contributed by atoms with van der Waals surface area (Å²) in [5.41, 5.74) is 1.89. The fraction of sp³-hybridized carbons (Fsp3) is 0.478. The summed E-state index contributed by atoms with van der Waals surface area (Å²) in [6.07, 6.45) is 5.99. The lowest BCUT2D eigenvalue weighted by molar-refractivity contribution is 0.132. The molecule has 0 unspecified atom stereocenters. The van der Waals surface area contributed by atoms with E-state index in [9.17, 15) is 0 Å². The molecule has 2 aliphatic rings. The molecule has 0 fully saturated rings. The second kappa shape index (κ2) is 11.5. The summed E-state index contributed by atoms with van der Waals surface area (Å²) >= 11 is 0. The molecule has 31 heavy (non-hydrogen) atoms. The molecule has 2 aliphatic heterocycles. The predicted octanol–water partition coefficient (Wildman–Crippen LogP) is 3.02. The fourth-order valence-electron chi connectivity index (χ4n) is 3.20. The second-order valence-corrected chi connectivity index (χ2v) is 7.04. The van der Waals surface area contributed by atoms with E-state index in [0.717, 1.165) is 36.9 Å². The number of methoxy groups -OCH3 is 2. The molecule has 1 aromatic rings. The molecule has 0 amide bonds. The van der Waals surface area contributed by atoms with Crippen LogP contribution in [0.3, 0.4) is 0 Å². The smallest absolute Gasteiger partial charge is 0.161 e. The molecule has 0 spiro atoms. The van der Waals surface area contributed by atoms with E-state index in [0.29, 0.717) is 43.8 Å². The van der Waals surface area contributed by atoms with Gasteiger partial charge in [-0.1, -0.05) is 12.1 Å². The van der Waals surface area contributed by atoms with E-state index in [1.165, 1.54) is 0 Å². The van der Waals surface area contributed by atoms with E-state index in [-0.39, 0.29) is 0 Å². The Balaban J connectivity index is 1.75. The van der Waals surface area contributed by atoms with Crippen molar-refractivity contribution in [2.24, 2.45) is 9.98 Å². The van der Waals surface area contributed by atoms with Crippen molar-refractivity contribution in [1.29, 1.82) is 0 Å². The highest BCUT2D eigenvalue weighted by Crippen LogP contribution is 2.29. The van der Waals surface area contributed by atoms with Gasteiger partial charge in [-0.2, -0.15) is 0 Å². The van der Waals surface area contributed by atoms with Crippen molar-refractivity contribution in [3.63, 3.8) is 0 Å². The van der Waals surface area contributed by atoms with Gasteiger partial charge in [-0.05, 0) is 37.6 Å². The third-order valence-corrected chi connectivity index (χ3v) is 4.91. The Morgan fingerprint density at radius 1 is 0.903 bits per heavy atom. The number of likely N-dealkylation sites (N-methyl/N-ethyl adjacent to an activating group) is 1. The standard InChI is InChI=1S/C23H32N4O4/c1-5-26-16-19-23(27(6-2)17-26)25-22(24-19)10-8-18-7-9-20(30-13-11-28-3)21(15-18)31-14-12-29-4/h7-10,15-16H,5-6,11-14,17H2,1-4H3/b10-8+. The van der Waals surface area contributed by atoms with Gasteiger partial charge in [-0.15, -0.1) is 0 Å². The first-order chi connectivity index (χ1) is 15.2. The maximum Gasteiger partial charge on any atom is 0.161 e. The number of hydrogen-bond acceptors (Lipinski definition) is 8. The van der Waals surface area contributed by atoms with Crippen molar-refractivity contribution in [2.75, 3.05) is 60.4 Å². The number of nitrogens with zero attached hydrogens (tertiary/aromatic N) is 4. The Morgan fingerprint density at radius 3 is 2.32 bits per heavy atom. The maximum absolute atomic E-state index is 5.85. The summed E-state index contributed by atoms with van der Waals surface area (Å²) in [5, 5.41) is 0. The summed E-state index contributed by atoms with van der Waals surface area (Å²) in [6, 6.07) is 5.83. The average molecular weight is 429 g/mol. The fourth-order valence-corrected chi connectivity index (χ4v) is 3.20. The highest BCUT2D eigenvalue weighted by molar-refractivity contribution is 6.16. The van der Waals surface area contributed by atoms with Crippen LogP contribution in [0.2, 0.25) is 0 Å². The first kappa shape index (κ1) is 22.8. The van der Waals surface area contributed by atoms with Crippen molar-refractivity contribution >= 4 is 17.7 Å². The number of benzene rings is 1. The molecule has 0 N–H and O–H groups in total. The molecule has 0 aliphatic carbocycles. The van der Waals surface area contributed by atoms with Crippen LogP contribution < -0.4 is 9.47 Å². The number of hydrogen-bond donors (Lipinski definition) is 0. The van der Waals surface area contributed by atoms with Gasteiger partial charge in [0.05, 0.1) is 19.9 Å². The molecule has 0 radical (unpaired) electrons. The van der Waals surface area contributed by atoms with Gasteiger partial charge in [0.15, 0.2) is 23.2 Å². The Labute approximate surface area is 184 Å². The number of aliphatic imine (C=N–C) groups is 2. The Bertz CT molecular complexity index is 863. The number of rotatable bonds is 12. The van der Waals surface area contributed by atoms with Crippen LogP contribution in [0.1, 0.15) is 19.4 Å². The Kier molecular flexibility index (Phi) is 8.49. The number of ether oxygens (including phenoxy) is 4. The maximum atomic E-state index is 5.85. The lowest BCUT2D eigenvalue weighted by Crippen LogP contribution is -2.43. The highest BCUT2D eigenvalue weighted by Gasteiger charge is 2.26. The molecular formula is C23H32N4O4. The van der Waals surface area contributed by atoms with Crippen molar-refractivity contribution in [3.05, 3.63) is 41.7 Å². The minimum absolute atomic E-state index is 0.444. The number of fused-ring (bicyclic) bond motifs is 1. The van der Waals surface area contributed by atoms with Crippen LogP contribution in [0.25, 0.3) is 6.08 Å². The molecule has 2 heterocycles. The van der Waals surface area contributed by atoms with E-state index in [1.54, 1.807) is 14.2 Å². The molecular weight excluding hydrogens is 396 g/mol. The molecule has 8 heteroatoms. The summed E-state index contributed by atoms with van der Waals surface area (Å²) < 4.78 is 21.8. The molecule has 3 rings (SSSR count). The highest BCUT2D eigenvalue weighted by atomic mass is 16.5. The Morgan fingerprint density at radius 2 is 1.65 bits per heavy atom. The summed E-state index contributed by atoms with van der Waals surface area (Å²) in [5.74, 6) is 2.98. The molecule has 0 bridgehead atoms. The van der Waals surface area contributed by atoms with E-state index < -0.39 is 0 Å². The van der Waals surface area contributed by atoms with Crippen LogP contribution in [-0.2, 0) is 9.47 Å². The van der Waals surface area contributed by atoms with Gasteiger partial charge in [0.2, 0.25) is 0 Å². The van der Waals surface area contributed by atoms with Gasteiger partial charge in [0, 0.05) is 33.5 Å².